The molecular formula is C15H11F3N2. The molecule has 2 aromatic carbocycles. The van der Waals surface area contributed by atoms with E-state index in [1.54, 1.807) is 35.2 Å². The van der Waals surface area contributed by atoms with Crippen molar-refractivity contribution in [1.29, 1.82) is 0 Å². The summed E-state index contributed by atoms with van der Waals surface area (Å²) in [6.07, 6.45) is -0.793. The average molecular weight is 276 g/mol. The molecule has 20 heavy (non-hydrogen) atoms. The van der Waals surface area contributed by atoms with E-state index in [9.17, 15) is 13.2 Å². The number of benzene rings is 2. The zero-order chi connectivity index (χ0) is 14.3. The largest absolute Gasteiger partial charge is 0.416 e. The number of aromatic nitrogens is 1. The minimum absolute atomic E-state index is 0.467. The highest BCUT2D eigenvalue weighted by atomic mass is 19.4. The zero-order valence-electron chi connectivity index (χ0n) is 10.4. The number of halogens is 3. The topological polar surface area (TPSA) is 30.9 Å². The van der Waals surface area contributed by atoms with Gasteiger partial charge in [0.1, 0.15) is 0 Å². The summed E-state index contributed by atoms with van der Waals surface area (Å²) in [5.41, 5.74) is 6.13. The van der Waals surface area contributed by atoms with E-state index in [0.29, 0.717) is 11.4 Å². The van der Waals surface area contributed by atoms with Crippen molar-refractivity contribution in [2.75, 3.05) is 5.73 Å². The van der Waals surface area contributed by atoms with Gasteiger partial charge >= 0.3 is 6.18 Å². The molecule has 0 bridgehead atoms. The van der Waals surface area contributed by atoms with E-state index in [4.69, 9.17) is 5.73 Å². The first-order valence-electron chi connectivity index (χ1n) is 5.98. The smallest absolute Gasteiger partial charge is 0.399 e. The quantitative estimate of drug-likeness (QED) is 0.662. The summed E-state index contributed by atoms with van der Waals surface area (Å²) in [5, 5.41) is 1.82. The normalized spacial score (nSPS) is 11.9. The molecule has 2 N–H and O–H groups in total. The molecule has 0 spiro atoms. The fraction of sp³-hybridized carbons (Fsp3) is 0.0667. The van der Waals surface area contributed by atoms with Crippen molar-refractivity contribution in [3.8, 4) is 5.69 Å². The number of nitrogens with zero attached hydrogens (tertiary/aromatic N) is 1. The van der Waals surface area contributed by atoms with Crippen molar-refractivity contribution in [2.45, 2.75) is 6.18 Å². The van der Waals surface area contributed by atoms with E-state index in [-0.39, 0.29) is 0 Å². The molecular weight excluding hydrogens is 265 g/mol. The van der Waals surface area contributed by atoms with Crippen LogP contribution in [0.25, 0.3) is 16.5 Å². The molecule has 0 fully saturated rings. The number of nitrogens with two attached hydrogens (primary N) is 1. The first-order chi connectivity index (χ1) is 9.43. The van der Waals surface area contributed by atoms with Crippen LogP contribution in [0.2, 0.25) is 0 Å². The number of alkyl halides is 3. The van der Waals surface area contributed by atoms with Crippen LogP contribution in [0.15, 0.2) is 54.9 Å². The predicted molar refractivity (Wildman–Crippen MR) is 72.7 cm³/mol. The molecule has 0 aliphatic carbocycles. The number of rotatable bonds is 1. The molecule has 0 amide bonds. The Bertz CT molecular complexity index is 772. The van der Waals surface area contributed by atoms with Gasteiger partial charge in [-0.3, -0.25) is 0 Å². The van der Waals surface area contributed by atoms with Gasteiger partial charge in [0.2, 0.25) is 0 Å². The summed E-state index contributed by atoms with van der Waals surface area (Å²) in [4.78, 5) is 0. The maximum Gasteiger partial charge on any atom is 0.416 e. The second-order valence-electron chi connectivity index (χ2n) is 4.60. The maximum atomic E-state index is 12.7. The Morgan fingerprint density at radius 2 is 1.65 bits per heavy atom. The second kappa shape index (κ2) is 4.30. The maximum absolute atomic E-state index is 12.7. The summed E-state index contributed by atoms with van der Waals surface area (Å²) in [7, 11) is 0. The Balaban J connectivity index is 2.11. The number of hydrogen-bond acceptors (Lipinski definition) is 1. The number of nitrogen functional groups attached to an aromatic ring is 1. The van der Waals surface area contributed by atoms with Crippen LogP contribution in [0.1, 0.15) is 5.56 Å². The highest BCUT2D eigenvalue weighted by Crippen LogP contribution is 2.31. The Hall–Kier alpha value is -2.43. The lowest BCUT2D eigenvalue weighted by Crippen LogP contribution is -2.05. The third kappa shape index (κ3) is 2.22. The Morgan fingerprint density at radius 1 is 0.900 bits per heavy atom. The molecule has 0 radical (unpaired) electrons. The van der Waals surface area contributed by atoms with E-state index in [1.165, 1.54) is 6.07 Å². The lowest BCUT2D eigenvalue weighted by atomic mass is 10.2. The Kier molecular flexibility index (Phi) is 2.71. The Labute approximate surface area is 113 Å². The first-order valence-corrected chi connectivity index (χ1v) is 5.98. The van der Waals surface area contributed by atoms with Crippen LogP contribution in [0.4, 0.5) is 18.9 Å². The van der Waals surface area contributed by atoms with Crippen LogP contribution in [0.5, 0.6) is 0 Å². The van der Waals surface area contributed by atoms with Gasteiger partial charge in [-0.2, -0.15) is 13.2 Å². The average Bonchev–Trinajstić information content (AvgIpc) is 2.81. The van der Waals surface area contributed by atoms with Crippen molar-refractivity contribution in [3.63, 3.8) is 0 Å². The van der Waals surface area contributed by atoms with E-state index in [2.05, 4.69) is 0 Å². The SMILES string of the molecule is Nc1ccc2cn(-c3cccc(C(F)(F)F)c3)cc2c1. The van der Waals surface area contributed by atoms with Crippen LogP contribution < -0.4 is 5.73 Å². The van der Waals surface area contributed by atoms with Gasteiger partial charge in [-0.15, -0.1) is 0 Å². The molecule has 2 nitrogen and oxygen atoms in total. The van der Waals surface area contributed by atoms with Crippen LogP contribution in [-0.2, 0) is 6.18 Å². The van der Waals surface area contributed by atoms with E-state index in [0.717, 1.165) is 22.9 Å². The van der Waals surface area contributed by atoms with E-state index in [1.807, 2.05) is 6.07 Å². The monoisotopic (exact) mass is 276 g/mol. The van der Waals surface area contributed by atoms with Gasteiger partial charge in [0.05, 0.1) is 5.56 Å². The molecule has 0 aliphatic heterocycles. The molecule has 5 heteroatoms. The van der Waals surface area contributed by atoms with Gasteiger partial charge in [-0.05, 0) is 35.7 Å². The molecule has 0 saturated heterocycles. The summed E-state index contributed by atoms with van der Waals surface area (Å²) >= 11 is 0. The first kappa shape index (κ1) is 12.6. The third-order valence-electron chi connectivity index (χ3n) is 3.14. The minimum atomic E-state index is -4.34. The number of hydrogen-bond donors (Lipinski definition) is 1. The Morgan fingerprint density at radius 3 is 2.40 bits per heavy atom. The van der Waals surface area contributed by atoms with Crippen LogP contribution in [0.3, 0.4) is 0 Å². The second-order valence-corrected chi connectivity index (χ2v) is 4.60. The lowest BCUT2D eigenvalue weighted by Gasteiger charge is -2.09. The molecule has 3 aromatic rings. The minimum Gasteiger partial charge on any atom is -0.399 e. The van der Waals surface area contributed by atoms with Crippen molar-refractivity contribution < 1.29 is 13.2 Å². The summed E-state index contributed by atoms with van der Waals surface area (Å²) in [6.45, 7) is 0. The summed E-state index contributed by atoms with van der Waals surface area (Å²) < 4.78 is 39.8. The number of anilines is 1. The fourth-order valence-electron chi connectivity index (χ4n) is 2.15. The van der Waals surface area contributed by atoms with Gasteiger partial charge < -0.3 is 10.3 Å². The predicted octanol–water partition coefficient (Wildman–Crippen LogP) is 4.23. The van der Waals surface area contributed by atoms with Crippen molar-refractivity contribution in [3.05, 3.63) is 60.4 Å². The highest BCUT2D eigenvalue weighted by Gasteiger charge is 2.30. The summed E-state index contributed by atoms with van der Waals surface area (Å²) in [5.74, 6) is 0. The third-order valence-corrected chi connectivity index (χ3v) is 3.14. The van der Waals surface area contributed by atoms with Gasteiger partial charge in [0.15, 0.2) is 0 Å². The van der Waals surface area contributed by atoms with Gasteiger partial charge in [0.25, 0.3) is 0 Å². The molecule has 0 saturated carbocycles. The molecule has 0 aliphatic rings. The highest BCUT2D eigenvalue weighted by molar-refractivity contribution is 5.85. The fourth-order valence-corrected chi connectivity index (χ4v) is 2.15. The molecule has 1 heterocycles. The van der Waals surface area contributed by atoms with Crippen LogP contribution in [-0.4, -0.2) is 4.57 Å². The lowest BCUT2D eigenvalue weighted by molar-refractivity contribution is -0.137. The van der Waals surface area contributed by atoms with Crippen molar-refractivity contribution in [2.24, 2.45) is 0 Å². The van der Waals surface area contributed by atoms with Gasteiger partial charge in [-0.1, -0.05) is 12.1 Å². The van der Waals surface area contributed by atoms with Gasteiger partial charge in [0, 0.05) is 29.2 Å². The molecule has 0 unspecified atom stereocenters. The van der Waals surface area contributed by atoms with E-state index < -0.39 is 11.7 Å². The van der Waals surface area contributed by atoms with E-state index >= 15 is 0 Å². The van der Waals surface area contributed by atoms with Crippen LogP contribution >= 0.6 is 0 Å². The van der Waals surface area contributed by atoms with Crippen molar-refractivity contribution >= 4 is 16.5 Å². The summed E-state index contributed by atoms with van der Waals surface area (Å²) in [6, 6.07) is 10.6. The van der Waals surface area contributed by atoms with Gasteiger partial charge in [-0.25, -0.2) is 0 Å². The van der Waals surface area contributed by atoms with Crippen LogP contribution in [0, 0.1) is 0 Å². The number of fused-ring (bicyclic) bond motifs is 1. The van der Waals surface area contributed by atoms with Crippen molar-refractivity contribution in [1.82, 2.24) is 4.57 Å². The molecule has 1 aromatic heterocycles. The molecule has 0 atom stereocenters. The standard InChI is InChI=1S/C15H11F3N2/c16-15(17,18)12-2-1-3-14(7-12)20-8-10-4-5-13(19)6-11(10)9-20/h1-9H,19H2. The molecule has 102 valence electrons. The zero-order valence-corrected chi connectivity index (χ0v) is 10.4. The molecule has 3 rings (SSSR count).